The summed E-state index contributed by atoms with van der Waals surface area (Å²) < 4.78 is 40.1. The van der Waals surface area contributed by atoms with Gasteiger partial charge < -0.3 is 20.9 Å². The number of likely N-dealkylation sites (tertiary alicyclic amines) is 1. The maximum absolute atomic E-state index is 13.4. The molecule has 3 atom stereocenters. The number of piperidine rings is 1. The molecule has 0 bridgehead atoms. The molecule has 2 saturated heterocycles. The molecule has 3 aromatic rings. The largest absolute Gasteiger partial charge is 0.416 e. The van der Waals surface area contributed by atoms with Crippen molar-refractivity contribution in [3.63, 3.8) is 0 Å². The number of benzene rings is 2. The fourth-order valence-electron chi connectivity index (χ4n) is 5.48. The van der Waals surface area contributed by atoms with E-state index in [4.69, 9.17) is 5.73 Å². The van der Waals surface area contributed by atoms with Crippen LogP contribution >= 0.6 is 0 Å². The molecule has 2 fully saturated rings. The standard InChI is InChI=1S/C25H29F3N6/c1-15-19(4-3-5-21(15)25(26,27)28)23(29)31-24-20-12-18(7-6-17(20)13-30-32-24)34-11-9-16-8-10-33(2)22(16)14-34/h3-7,12-13,16,22-23H,8-11,14,29H2,1-2H3,(H,31,32)/t16?,22?,23-/m0/s1. The van der Waals surface area contributed by atoms with Crippen molar-refractivity contribution in [2.24, 2.45) is 11.7 Å². The molecule has 0 aliphatic carbocycles. The van der Waals surface area contributed by atoms with E-state index in [2.05, 4.69) is 44.5 Å². The first kappa shape index (κ1) is 22.9. The highest BCUT2D eigenvalue weighted by Crippen LogP contribution is 2.36. The molecule has 3 heterocycles. The lowest BCUT2D eigenvalue weighted by Crippen LogP contribution is -2.47. The van der Waals surface area contributed by atoms with Crippen molar-refractivity contribution in [1.82, 2.24) is 15.1 Å². The molecule has 2 aliphatic rings. The van der Waals surface area contributed by atoms with Gasteiger partial charge in [-0.2, -0.15) is 18.3 Å². The molecule has 5 rings (SSSR count). The van der Waals surface area contributed by atoms with Crippen LogP contribution in [0, 0.1) is 12.8 Å². The van der Waals surface area contributed by atoms with E-state index < -0.39 is 17.9 Å². The van der Waals surface area contributed by atoms with Crippen LogP contribution in [0.1, 0.15) is 35.7 Å². The molecule has 2 unspecified atom stereocenters. The number of hydrogen-bond donors (Lipinski definition) is 2. The molecule has 3 N–H and O–H groups in total. The predicted molar refractivity (Wildman–Crippen MR) is 128 cm³/mol. The van der Waals surface area contributed by atoms with Gasteiger partial charge in [-0.1, -0.05) is 18.2 Å². The summed E-state index contributed by atoms with van der Waals surface area (Å²) in [5.41, 5.74) is 7.22. The van der Waals surface area contributed by atoms with Gasteiger partial charge in [0.05, 0.1) is 11.8 Å². The number of rotatable bonds is 4. The number of hydrogen-bond acceptors (Lipinski definition) is 6. The van der Waals surface area contributed by atoms with Crippen molar-refractivity contribution >= 4 is 22.3 Å². The predicted octanol–water partition coefficient (Wildman–Crippen LogP) is 4.56. The molecule has 2 aromatic carbocycles. The topological polar surface area (TPSA) is 70.3 Å². The molecule has 2 aliphatic heterocycles. The molecular formula is C25H29F3N6. The Kier molecular flexibility index (Phi) is 5.85. The number of halogens is 3. The third-order valence-corrected chi connectivity index (χ3v) is 7.46. The van der Waals surface area contributed by atoms with Crippen molar-refractivity contribution in [3.8, 4) is 0 Å². The van der Waals surface area contributed by atoms with E-state index in [-0.39, 0.29) is 5.56 Å². The molecule has 180 valence electrons. The van der Waals surface area contributed by atoms with Crippen molar-refractivity contribution in [3.05, 3.63) is 59.3 Å². The maximum Gasteiger partial charge on any atom is 0.416 e. The quantitative estimate of drug-likeness (QED) is 0.545. The SMILES string of the molecule is Cc1c([C@@H](N)Nc2nncc3ccc(N4CCC5CCN(C)C5C4)cc23)cccc1C(F)(F)F. The number of nitrogens with one attached hydrogen (secondary N) is 1. The Labute approximate surface area is 196 Å². The highest BCUT2D eigenvalue weighted by Gasteiger charge is 2.36. The van der Waals surface area contributed by atoms with Crippen LogP contribution in [0.25, 0.3) is 10.8 Å². The second-order valence-electron chi connectivity index (χ2n) is 9.44. The van der Waals surface area contributed by atoms with E-state index in [1.54, 1.807) is 12.3 Å². The van der Waals surface area contributed by atoms with Gasteiger partial charge in [-0.25, -0.2) is 0 Å². The minimum Gasteiger partial charge on any atom is -0.370 e. The second-order valence-corrected chi connectivity index (χ2v) is 9.44. The zero-order valence-corrected chi connectivity index (χ0v) is 19.3. The summed E-state index contributed by atoms with van der Waals surface area (Å²) in [4.78, 5) is 4.86. The van der Waals surface area contributed by atoms with E-state index >= 15 is 0 Å². The Morgan fingerprint density at radius 3 is 2.74 bits per heavy atom. The molecule has 1 aromatic heterocycles. The lowest BCUT2D eigenvalue weighted by molar-refractivity contribution is -0.138. The monoisotopic (exact) mass is 470 g/mol. The van der Waals surface area contributed by atoms with Crippen LogP contribution in [-0.4, -0.2) is 47.8 Å². The molecular weight excluding hydrogens is 441 g/mol. The fraction of sp³-hybridized carbons (Fsp3) is 0.440. The Hall–Kier alpha value is -2.91. The van der Waals surface area contributed by atoms with E-state index in [1.165, 1.54) is 25.8 Å². The molecule has 0 radical (unpaired) electrons. The first-order valence-corrected chi connectivity index (χ1v) is 11.6. The Bertz CT molecular complexity index is 1200. The lowest BCUT2D eigenvalue weighted by Gasteiger charge is -2.38. The second kappa shape index (κ2) is 8.70. The van der Waals surface area contributed by atoms with Gasteiger partial charge in [-0.15, -0.1) is 5.10 Å². The highest BCUT2D eigenvalue weighted by atomic mass is 19.4. The summed E-state index contributed by atoms with van der Waals surface area (Å²) >= 11 is 0. The summed E-state index contributed by atoms with van der Waals surface area (Å²) in [7, 11) is 2.20. The fourth-order valence-corrected chi connectivity index (χ4v) is 5.48. The Morgan fingerprint density at radius 1 is 1.15 bits per heavy atom. The van der Waals surface area contributed by atoms with E-state index in [9.17, 15) is 13.2 Å². The van der Waals surface area contributed by atoms with Crippen LogP contribution in [0.3, 0.4) is 0 Å². The van der Waals surface area contributed by atoms with Crippen LogP contribution < -0.4 is 16.0 Å². The van der Waals surface area contributed by atoms with Crippen LogP contribution in [-0.2, 0) is 6.18 Å². The van der Waals surface area contributed by atoms with Crippen LogP contribution in [0.2, 0.25) is 0 Å². The van der Waals surface area contributed by atoms with Gasteiger partial charge in [0.25, 0.3) is 0 Å². The number of aromatic nitrogens is 2. The minimum absolute atomic E-state index is 0.104. The van der Waals surface area contributed by atoms with Gasteiger partial charge in [0, 0.05) is 35.6 Å². The normalized spacial score (nSPS) is 22.1. The van der Waals surface area contributed by atoms with E-state index in [1.807, 2.05) is 6.07 Å². The van der Waals surface area contributed by atoms with Crippen molar-refractivity contribution in [2.45, 2.75) is 38.1 Å². The lowest BCUT2D eigenvalue weighted by atomic mass is 9.92. The van der Waals surface area contributed by atoms with Gasteiger partial charge in [0.2, 0.25) is 0 Å². The summed E-state index contributed by atoms with van der Waals surface area (Å²) in [6.45, 7) is 4.58. The highest BCUT2D eigenvalue weighted by molar-refractivity contribution is 5.93. The summed E-state index contributed by atoms with van der Waals surface area (Å²) in [5.74, 6) is 1.22. The third-order valence-electron chi connectivity index (χ3n) is 7.46. The van der Waals surface area contributed by atoms with Crippen LogP contribution in [0.15, 0.2) is 42.6 Å². The smallest absolute Gasteiger partial charge is 0.370 e. The molecule has 6 nitrogen and oxygen atoms in total. The molecule has 0 amide bonds. The number of anilines is 2. The van der Waals surface area contributed by atoms with Gasteiger partial charge in [-0.3, -0.25) is 0 Å². The zero-order chi connectivity index (χ0) is 24.0. The van der Waals surface area contributed by atoms with Crippen molar-refractivity contribution < 1.29 is 13.2 Å². The summed E-state index contributed by atoms with van der Waals surface area (Å²) in [6, 6.07) is 10.8. The Balaban J connectivity index is 1.43. The van der Waals surface area contributed by atoms with Crippen LogP contribution in [0.5, 0.6) is 0 Å². The molecule has 0 saturated carbocycles. The average Bonchev–Trinajstić information content (AvgIpc) is 3.18. The number of alkyl halides is 3. The van der Waals surface area contributed by atoms with Gasteiger partial charge in [0.1, 0.15) is 6.17 Å². The zero-order valence-electron chi connectivity index (χ0n) is 19.3. The Morgan fingerprint density at radius 2 is 1.94 bits per heavy atom. The first-order valence-electron chi connectivity index (χ1n) is 11.6. The maximum atomic E-state index is 13.4. The van der Waals surface area contributed by atoms with Crippen molar-refractivity contribution in [2.75, 3.05) is 36.9 Å². The molecule has 9 heteroatoms. The van der Waals surface area contributed by atoms with Gasteiger partial charge in [0.15, 0.2) is 5.82 Å². The van der Waals surface area contributed by atoms with Crippen molar-refractivity contribution in [1.29, 1.82) is 0 Å². The van der Waals surface area contributed by atoms with E-state index in [0.717, 1.165) is 48.1 Å². The summed E-state index contributed by atoms with van der Waals surface area (Å²) in [5, 5.41) is 13.1. The van der Waals surface area contributed by atoms with E-state index in [0.29, 0.717) is 17.4 Å². The van der Waals surface area contributed by atoms with Gasteiger partial charge >= 0.3 is 6.18 Å². The minimum atomic E-state index is -4.44. The third kappa shape index (κ3) is 4.18. The average molecular weight is 471 g/mol. The summed E-state index contributed by atoms with van der Waals surface area (Å²) in [6.07, 6.45) is -1.18. The molecule has 0 spiro atoms. The number of likely N-dealkylation sites (N-methyl/N-ethyl adjacent to an activating group) is 1. The first-order chi connectivity index (χ1) is 16.2. The number of fused-ring (bicyclic) bond motifs is 2. The number of nitrogens with two attached hydrogens (primary N) is 1. The number of nitrogens with zero attached hydrogens (tertiary/aromatic N) is 4. The van der Waals surface area contributed by atoms with Crippen LogP contribution in [0.4, 0.5) is 24.7 Å². The molecule has 34 heavy (non-hydrogen) atoms. The van der Waals surface area contributed by atoms with Gasteiger partial charge in [-0.05, 0) is 68.6 Å².